The number of amides is 1. The van der Waals surface area contributed by atoms with Gasteiger partial charge in [-0.05, 0) is 34.1 Å². The molecule has 17 heavy (non-hydrogen) atoms. The van der Waals surface area contributed by atoms with Crippen molar-refractivity contribution in [2.24, 2.45) is 0 Å². The van der Waals surface area contributed by atoms with Crippen LogP contribution in [0.1, 0.15) is 12.8 Å². The molecule has 0 radical (unpaired) electrons. The van der Waals surface area contributed by atoms with Crippen LogP contribution in [-0.4, -0.2) is 12.1 Å². The van der Waals surface area contributed by atoms with Gasteiger partial charge < -0.3 is 11.1 Å². The van der Waals surface area contributed by atoms with E-state index in [2.05, 4.69) is 21.2 Å². The SMILES string of the molecule is Nc1ccc(NC(=O)CCC(F)(F)F)c(Br)c1. The molecule has 0 unspecified atom stereocenters. The number of carbonyl (C=O) groups excluding carboxylic acids is 1. The van der Waals surface area contributed by atoms with Gasteiger partial charge >= 0.3 is 6.18 Å². The zero-order valence-corrected chi connectivity index (χ0v) is 10.2. The Kier molecular flexibility index (Phi) is 4.39. The fourth-order valence-corrected chi connectivity index (χ4v) is 1.60. The fourth-order valence-electron chi connectivity index (χ4n) is 1.10. The number of nitrogens with one attached hydrogen (secondary N) is 1. The minimum Gasteiger partial charge on any atom is -0.399 e. The first-order valence-electron chi connectivity index (χ1n) is 4.69. The van der Waals surface area contributed by atoms with Gasteiger partial charge in [-0.25, -0.2) is 0 Å². The third-order valence-electron chi connectivity index (χ3n) is 1.90. The van der Waals surface area contributed by atoms with Crippen molar-refractivity contribution in [3.8, 4) is 0 Å². The standard InChI is InChI=1S/C10H10BrF3N2O/c11-7-5-6(15)1-2-8(7)16-9(17)3-4-10(12,13)14/h1-2,5H,3-4,15H2,(H,16,17). The van der Waals surface area contributed by atoms with E-state index < -0.39 is 24.9 Å². The number of hydrogen-bond acceptors (Lipinski definition) is 2. The molecule has 0 bridgehead atoms. The summed E-state index contributed by atoms with van der Waals surface area (Å²) in [6.45, 7) is 0. The molecule has 0 heterocycles. The van der Waals surface area contributed by atoms with Crippen molar-refractivity contribution in [3.05, 3.63) is 22.7 Å². The molecule has 0 spiro atoms. The molecule has 0 saturated heterocycles. The maximum atomic E-state index is 11.9. The Morgan fingerprint density at radius 3 is 2.59 bits per heavy atom. The second kappa shape index (κ2) is 5.39. The van der Waals surface area contributed by atoms with Gasteiger partial charge in [0, 0.05) is 16.6 Å². The van der Waals surface area contributed by atoms with E-state index in [0.717, 1.165) is 0 Å². The predicted octanol–water partition coefficient (Wildman–Crippen LogP) is 3.31. The predicted molar refractivity (Wildman–Crippen MR) is 62.5 cm³/mol. The van der Waals surface area contributed by atoms with Crippen LogP contribution in [0.15, 0.2) is 22.7 Å². The average Bonchev–Trinajstić information content (AvgIpc) is 2.18. The molecule has 0 aliphatic heterocycles. The van der Waals surface area contributed by atoms with E-state index in [0.29, 0.717) is 15.8 Å². The van der Waals surface area contributed by atoms with Gasteiger partial charge in [-0.1, -0.05) is 0 Å². The van der Waals surface area contributed by atoms with E-state index in [9.17, 15) is 18.0 Å². The number of halogens is 4. The lowest BCUT2D eigenvalue weighted by atomic mass is 10.2. The van der Waals surface area contributed by atoms with Crippen molar-refractivity contribution < 1.29 is 18.0 Å². The number of anilines is 2. The molecular formula is C10H10BrF3N2O. The van der Waals surface area contributed by atoms with Crippen LogP contribution in [0, 0.1) is 0 Å². The zero-order valence-electron chi connectivity index (χ0n) is 8.64. The normalized spacial score (nSPS) is 11.3. The van der Waals surface area contributed by atoms with Gasteiger partial charge in [-0.15, -0.1) is 0 Å². The number of hydrogen-bond donors (Lipinski definition) is 2. The lowest BCUT2D eigenvalue weighted by molar-refractivity contribution is -0.142. The summed E-state index contributed by atoms with van der Waals surface area (Å²) in [5.41, 5.74) is 6.37. The second-order valence-corrected chi connectivity index (χ2v) is 4.26. The lowest BCUT2D eigenvalue weighted by Crippen LogP contribution is -2.16. The number of rotatable bonds is 3. The molecule has 0 fully saturated rings. The van der Waals surface area contributed by atoms with Gasteiger partial charge in [0.05, 0.1) is 12.1 Å². The number of nitrogens with two attached hydrogens (primary N) is 1. The minimum atomic E-state index is -4.32. The van der Waals surface area contributed by atoms with Crippen LogP contribution in [-0.2, 0) is 4.79 Å². The highest BCUT2D eigenvalue weighted by Crippen LogP contribution is 2.26. The molecule has 0 aliphatic rings. The molecule has 0 aromatic heterocycles. The molecule has 1 amide bonds. The highest BCUT2D eigenvalue weighted by molar-refractivity contribution is 9.10. The summed E-state index contributed by atoms with van der Waals surface area (Å²) in [6, 6.07) is 4.62. The average molecular weight is 311 g/mol. The molecule has 1 aromatic rings. The van der Waals surface area contributed by atoms with Gasteiger partial charge in [0.1, 0.15) is 0 Å². The van der Waals surface area contributed by atoms with Crippen molar-refractivity contribution in [1.82, 2.24) is 0 Å². The molecule has 0 saturated carbocycles. The van der Waals surface area contributed by atoms with Gasteiger partial charge in [-0.2, -0.15) is 13.2 Å². The van der Waals surface area contributed by atoms with E-state index >= 15 is 0 Å². The number of carbonyl (C=O) groups is 1. The summed E-state index contributed by atoms with van der Waals surface area (Å²) in [6.07, 6.45) is -6.05. The zero-order chi connectivity index (χ0) is 13.1. The van der Waals surface area contributed by atoms with E-state index in [1.165, 1.54) is 6.07 Å². The molecular weight excluding hydrogens is 301 g/mol. The minimum absolute atomic E-state index is 0.395. The van der Waals surface area contributed by atoms with Gasteiger partial charge in [0.2, 0.25) is 5.91 Å². The van der Waals surface area contributed by atoms with Crippen LogP contribution in [0.2, 0.25) is 0 Å². The maximum Gasteiger partial charge on any atom is 0.389 e. The van der Waals surface area contributed by atoms with Crippen LogP contribution < -0.4 is 11.1 Å². The van der Waals surface area contributed by atoms with Crippen molar-refractivity contribution >= 4 is 33.2 Å². The Labute approximate surface area is 104 Å². The summed E-state index contributed by atoms with van der Waals surface area (Å²) >= 11 is 3.15. The van der Waals surface area contributed by atoms with Crippen LogP contribution >= 0.6 is 15.9 Å². The molecule has 1 rings (SSSR count). The summed E-state index contributed by atoms with van der Waals surface area (Å²) in [5.74, 6) is -0.687. The highest BCUT2D eigenvalue weighted by atomic mass is 79.9. The summed E-state index contributed by atoms with van der Waals surface area (Å²) in [5, 5.41) is 2.37. The summed E-state index contributed by atoms with van der Waals surface area (Å²) in [4.78, 5) is 11.2. The summed E-state index contributed by atoms with van der Waals surface area (Å²) in [7, 11) is 0. The molecule has 3 N–H and O–H groups in total. The third-order valence-corrected chi connectivity index (χ3v) is 2.56. The third kappa shape index (κ3) is 5.08. The molecule has 0 aliphatic carbocycles. The van der Waals surface area contributed by atoms with Gasteiger partial charge in [-0.3, -0.25) is 4.79 Å². The van der Waals surface area contributed by atoms with Crippen LogP contribution in [0.3, 0.4) is 0 Å². The second-order valence-electron chi connectivity index (χ2n) is 3.40. The molecule has 0 atom stereocenters. The topological polar surface area (TPSA) is 55.1 Å². The Morgan fingerprint density at radius 2 is 2.06 bits per heavy atom. The molecule has 1 aromatic carbocycles. The molecule has 7 heteroatoms. The van der Waals surface area contributed by atoms with Crippen LogP contribution in [0.25, 0.3) is 0 Å². The number of benzene rings is 1. The largest absolute Gasteiger partial charge is 0.399 e. The Hall–Kier alpha value is -1.24. The van der Waals surface area contributed by atoms with E-state index in [1.807, 2.05) is 0 Å². The van der Waals surface area contributed by atoms with Crippen molar-refractivity contribution in [2.45, 2.75) is 19.0 Å². The quantitative estimate of drug-likeness (QED) is 0.842. The van der Waals surface area contributed by atoms with Gasteiger partial charge in [0.15, 0.2) is 0 Å². The Balaban J connectivity index is 2.57. The fraction of sp³-hybridized carbons (Fsp3) is 0.300. The first-order chi connectivity index (χ1) is 7.78. The Morgan fingerprint density at radius 1 is 1.41 bits per heavy atom. The molecule has 3 nitrogen and oxygen atoms in total. The Bertz CT molecular complexity index is 421. The lowest BCUT2D eigenvalue weighted by Gasteiger charge is -2.09. The van der Waals surface area contributed by atoms with Crippen LogP contribution in [0.4, 0.5) is 24.5 Å². The molecule has 94 valence electrons. The van der Waals surface area contributed by atoms with Crippen LogP contribution in [0.5, 0.6) is 0 Å². The first-order valence-corrected chi connectivity index (χ1v) is 5.49. The van der Waals surface area contributed by atoms with E-state index in [4.69, 9.17) is 5.73 Å². The highest BCUT2D eigenvalue weighted by Gasteiger charge is 2.27. The number of nitrogen functional groups attached to an aromatic ring is 1. The van der Waals surface area contributed by atoms with E-state index in [1.54, 1.807) is 12.1 Å². The van der Waals surface area contributed by atoms with Crippen molar-refractivity contribution in [3.63, 3.8) is 0 Å². The monoisotopic (exact) mass is 310 g/mol. The van der Waals surface area contributed by atoms with E-state index in [-0.39, 0.29) is 0 Å². The maximum absolute atomic E-state index is 11.9. The smallest absolute Gasteiger partial charge is 0.389 e. The van der Waals surface area contributed by atoms with Crippen molar-refractivity contribution in [2.75, 3.05) is 11.1 Å². The first kappa shape index (κ1) is 13.8. The van der Waals surface area contributed by atoms with Crippen molar-refractivity contribution in [1.29, 1.82) is 0 Å². The number of alkyl halides is 3. The van der Waals surface area contributed by atoms with Gasteiger partial charge in [0.25, 0.3) is 0 Å². The summed E-state index contributed by atoms with van der Waals surface area (Å²) < 4.78 is 36.2.